The van der Waals surface area contributed by atoms with Gasteiger partial charge in [-0.2, -0.15) is 4.98 Å². The summed E-state index contributed by atoms with van der Waals surface area (Å²) >= 11 is 0. The number of rotatable bonds is 6. The smallest absolute Gasteiger partial charge is 0.316 e. The van der Waals surface area contributed by atoms with Crippen molar-refractivity contribution in [3.63, 3.8) is 0 Å². The first-order chi connectivity index (χ1) is 11.4. The van der Waals surface area contributed by atoms with E-state index < -0.39 is 5.91 Å². The Labute approximate surface area is 140 Å². The number of aromatic nitrogens is 2. The van der Waals surface area contributed by atoms with Crippen LogP contribution in [0.3, 0.4) is 0 Å². The fourth-order valence-electron chi connectivity index (χ4n) is 1.95. The number of nitrogens with one attached hydrogen (secondary N) is 2. The Hall–Kier alpha value is -2.90. The lowest BCUT2D eigenvalue weighted by atomic mass is 10.2. The summed E-state index contributed by atoms with van der Waals surface area (Å²) in [6, 6.07) is 7.54. The molecule has 0 fully saturated rings. The molecule has 128 valence electrons. The predicted molar refractivity (Wildman–Crippen MR) is 89.7 cm³/mol. The normalized spacial score (nSPS) is 10.5. The van der Waals surface area contributed by atoms with Crippen molar-refractivity contribution in [1.29, 1.82) is 0 Å². The molecule has 2 N–H and O–H groups in total. The van der Waals surface area contributed by atoms with Crippen LogP contribution in [0.1, 0.15) is 24.5 Å². The highest BCUT2D eigenvalue weighted by molar-refractivity contribution is 5.93. The number of carbonyl (C=O) groups is 2. The molecule has 1 heterocycles. The maximum Gasteiger partial charge on any atom is 0.316 e. The van der Waals surface area contributed by atoms with Crippen LogP contribution in [-0.2, 0) is 4.79 Å². The molecule has 24 heavy (non-hydrogen) atoms. The van der Waals surface area contributed by atoms with Gasteiger partial charge in [0.1, 0.15) is 0 Å². The second-order valence-electron chi connectivity index (χ2n) is 5.77. The molecular weight excluding hydrogens is 310 g/mol. The minimum absolute atomic E-state index is 0.00884. The van der Waals surface area contributed by atoms with Gasteiger partial charge < -0.3 is 20.1 Å². The summed E-state index contributed by atoms with van der Waals surface area (Å²) < 4.78 is 4.96. The molecule has 1 aromatic carbocycles. The van der Waals surface area contributed by atoms with Crippen LogP contribution in [0, 0.1) is 0 Å². The second kappa shape index (κ2) is 7.58. The number of anilines is 1. The van der Waals surface area contributed by atoms with Crippen molar-refractivity contribution in [2.45, 2.75) is 19.9 Å². The maximum absolute atomic E-state index is 11.9. The lowest BCUT2D eigenvalue weighted by Gasteiger charge is -2.11. The average Bonchev–Trinajstić information content (AvgIpc) is 3.02. The summed E-state index contributed by atoms with van der Waals surface area (Å²) in [5, 5.41) is 8.91. The van der Waals surface area contributed by atoms with Crippen LogP contribution in [0.5, 0.6) is 0 Å². The molecule has 0 bridgehead atoms. The standard InChI is InChI=1S/C16H21N5O3/c1-10(2)18-13(22)9-17-15(23)16-19-14(20-24-16)11-5-7-12(8-6-11)21(3)4/h5-8,10H,9H2,1-4H3,(H,17,23)(H,18,22). The van der Waals surface area contributed by atoms with Gasteiger partial charge in [0, 0.05) is 31.4 Å². The molecule has 2 rings (SSSR count). The molecule has 0 saturated carbocycles. The Morgan fingerprint density at radius 2 is 1.88 bits per heavy atom. The van der Waals surface area contributed by atoms with Crippen LogP contribution in [0.2, 0.25) is 0 Å². The topological polar surface area (TPSA) is 100 Å². The van der Waals surface area contributed by atoms with Gasteiger partial charge in [0.15, 0.2) is 0 Å². The van der Waals surface area contributed by atoms with Crippen LogP contribution >= 0.6 is 0 Å². The highest BCUT2D eigenvalue weighted by Gasteiger charge is 2.17. The molecule has 0 radical (unpaired) electrons. The van der Waals surface area contributed by atoms with Gasteiger partial charge in [-0.3, -0.25) is 9.59 Å². The van der Waals surface area contributed by atoms with Gasteiger partial charge in [0.2, 0.25) is 11.7 Å². The zero-order valence-corrected chi connectivity index (χ0v) is 14.2. The summed E-state index contributed by atoms with van der Waals surface area (Å²) in [4.78, 5) is 29.5. The molecule has 0 atom stereocenters. The first kappa shape index (κ1) is 17.5. The molecule has 1 aromatic heterocycles. The Morgan fingerprint density at radius 1 is 1.21 bits per heavy atom. The van der Waals surface area contributed by atoms with Gasteiger partial charge >= 0.3 is 11.8 Å². The maximum atomic E-state index is 11.9. The first-order valence-electron chi connectivity index (χ1n) is 7.56. The predicted octanol–water partition coefficient (Wildman–Crippen LogP) is 1.06. The van der Waals surface area contributed by atoms with Crippen molar-refractivity contribution >= 4 is 17.5 Å². The SMILES string of the molecule is CC(C)NC(=O)CNC(=O)c1nc(-c2ccc(N(C)C)cc2)no1. The number of carbonyl (C=O) groups excluding carboxylic acids is 2. The van der Waals surface area contributed by atoms with Crippen LogP contribution in [0.4, 0.5) is 5.69 Å². The van der Waals surface area contributed by atoms with Gasteiger partial charge in [-0.25, -0.2) is 0 Å². The third kappa shape index (κ3) is 4.55. The quantitative estimate of drug-likeness (QED) is 0.821. The monoisotopic (exact) mass is 331 g/mol. The largest absolute Gasteiger partial charge is 0.378 e. The highest BCUT2D eigenvalue weighted by Crippen LogP contribution is 2.19. The van der Waals surface area contributed by atoms with Crippen molar-refractivity contribution < 1.29 is 14.1 Å². The van der Waals surface area contributed by atoms with Crippen molar-refractivity contribution in [3.05, 3.63) is 30.2 Å². The summed E-state index contributed by atoms with van der Waals surface area (Å²) in [6.45, 7) is 3.53. The van der Waals surface area contributed by atoms with E-state index in [1.165, 1.54) is 0 Å². The van der Waals surface area contributed by atoms with E-state index in [2.05, 4.69) is 20.8 Å². The van der Waals surface area contributed by atoms with E-state index in [0.29, 0.717) is 5.82 Å². The fraction of sp³-hybridized carbons (Fsp3) is 0.375. The Morgan fingerprint density at radius 3 is 2.46 bits per heavy atom. The second-order valence-corrected chi connectivity index (χ2v) is 5.77. The van der Waals surface area contributed by atoms with Gasteiger partial charge in [-0.1, -0.05) is 5.16 Å². The van der Waals surface area contributed by atoms with Crippen LogP contribution in [-0.4, -0.2) is 48.6 Å². The number of hydrogen-bond acceptors (Lipinski definition) is 6. The molecule has 0 spiro atoms. The number of nitrogens with zero attached hydrogens (tertiary/aromatic N) is 3. The van der Waals surface area contributed by atoms with Gasteiger partial charge in [0.25, 0.3) is 0 Å². The van der Waals surface area contributed by atoms with Gasteiger partial charge in [-0.05, 0) is 38.1 Å². The lowest BCUT2D eigenvalue weighted by molar-refractivity contribution is -0.120. The van der Waals surface area contributed by atoms with Crippen LogP contribution < -0.4 is 15.5 Å². The molecule has 0 saturated heterocycles. The van der Waals surface area contributed by atoms with E-state index in [4.69, 9.17) is 4.52 Å². The zero-order valence-electron chi connectivity index (χ0n) is 14.2. The van der Waals surface area contributed by atoms with Crippen molar-refractivity contribution in [1.82, 2.24) is 20.8 Å². The highest BCUT2D eigenvalue weighted by atomic mass is 16.5. The molecule has 2 aromatic rings. The Bertz CT molecular complexity index is 707. The van der Waals surface area contributed by atoms with E-state index in [1.807, 2.05) is 57.1 Å². The number of benzene rings is 1. The van der Waals surface area contributed by atoms with Crippen molar-refractivity contribution in [3.8, 4) is 11.4 Å². The van der Waals surface area contributed by atoms with E-state index in [-0.39, 0.29) is 24.4 Å². The molecule has 8 heteroatoms. The van der Waals surface area contributed by atoms with Crippen molar-refractivity contribution in [2.75, 3.05) is 25.5 Å². The summed E-state index contributed by atoms with van der Waals surface area (Å²) in [5.41, 5.74) is 1.78. The average molecular weight is 331 g/mol. The van der Waals surface area contributed by atoms with Crippen LogP contribution in [0.25, 0.3) is 11.4 Å². The molecule has 0 unspecified atom stereocenters. The van der Waals surface area contributed by atoms with E-state index in [1.54, 1.807) is 0 Å². The Kier molecular flexibility index (Phi) is 5.51. The minimum Gasteiger partial charge on any atom is -0.378 e. The summed E-state index contributed by atoms with van der Waals surface area (Å²) in [7, 11) is 3.89. The minimum atomic E-state index is -0.586. The summed E-state index contributed by atoms with van der Waals surface area (Å²) in [6.07, 6.45) is 0. The lowest BCUT2D eigenvalue weighted by Crippen LogP contribution is -2.39. The van der Waals surface area contributed by atoms with Crippen molar-refractivity contribution in [2.24, 2.45) is 0 Å². The zero-order chi connectivity index (χ0) is 17.7. The molecule has 0 aliphatic heterocycles. The molecule has 0 aliphatic rings. The molecule has 0 aliphatic carbocycles. The van der Waals surface area contributed by atoms with E-state index in [0.717, 1.165) is 11.3 Å². The molecule has 2 amide bonds. The van der Waals surface area contributed by atoms with Gasteiger partial charge in [0.05, 0.1) is 6.54 Å². The summed E-state index contributed by atoms with van der Waals surface area (Å²) in [5.74, 6) is -0.731. The third-order valence-electron chi connectivity index (χ3n) is 3.12. The van der Waals surface area contributed by atoms with E-state index in [9.17, 15) is 9.59 Å². The number of hydrogen-bond donors (Lipinski definition) is 2. The van der Waals surface area contributed by atoms with Crippen LogP contribution in [0.15, 0.2) is 28.8 Å². The first-order valence-corrected chi connectivity index (χ1v) is 7.56. The Balaban J connectivity index is 1.99. The number of amides is 2. The molecular formula is C16H21N5O3. The molecule has 8 nitrogen and oxygen atoms in total. The van der Waals surface area contributed by atoms with E-state index >= 15 is 0 Å². The third-order valence-corrected chi connectivity index (χ3v) is 3.12. The fourth-order valence-corrected chi connectivity index (χ4v) is 1.95. The van der Waals surface area contributed by atoms with Gasteiger partial charge in [-0.15, -0.1) is 0 Å².